The van der Waals surface area contributed by atoms with Crippen LogP contribution in [0.2, 0.25) is 0 Å². The van der Waals surface area contributed by atoms with E-state index in [1.54, 1.807) is 60.7 Å². The molecular formula is C17H20O6S2. The SMILES string of the molecule is CS(=O)(=O)O[C@H](C[C@@H](OS(C)(=O)=O)c1ccccc1)c1ccccc1. The van der Waals surface area contributed by atoms with E-state index in [0.29, 0.717) is 11.1 Å². The Bertz CT molecular complexity index is 802. The molecule has 0 saturated heterocycles. The van der Waals surface area contributed by atoms with Gasteiger partial charge in [0.05, 0.1) is 12.5 Å². The van der Waals surface area contributed by atoms with Gasteiger partial charge in [-0.3, -0.25) is 8.37 Å². The van der Waals surface area contributed by atoms with Gasteiger partial charge in [0.25, 0.3) is 20.2 Å². The highest BCUT2D eigenvalue weighted by Crippen LogP contribution is 2.33. The van der Waals surface area contributed by atoms with Crippen molar-refractivity contribution in [3.05, 3.63) is 71.8 Å². The molecule has 8 heteroatoms. The fourth-order valence-electron chi connectivity index (χ4n) is 2.41. The lowest BCUT2D eigenvalue weighted by atomic mass is 9.99. The molecule has 0 aromatic heterocycles. The quantitative estimate of drug-likeness (QED) is 0.651. The third kappa shape index (κ3) is 6.95. The van der Waals surface area contributed by atoms with Crippen molar-refractivity contribution in [3.63, 3.8) is 0 Å². The predicted molar refractivity (Wildman–Crippen MR) is 94.8 cm³/mol. The summed E-state index contributed by atoms with van der Waals surface area (Å²) in [6.07, 6.45) is 0.190. The van der Waals surface area contributed by atoms with E-state index in [2.05, 4.69) is 0 Å². The molecule has 136 valence electrons. The summed E-state index contributed by atoms with van der Waals surface area (Å²) in [5.74, 6) is 0. The van der Waals surface area contributed by atoms with E-state index in [1.807, 2.05) is 0 Å². The molecule has 0 aliphatic carbocycles. The largest absolute Gasteiger partial charge is 0.264 e. The number of rotatable bonds is 8. The molecule has 25 heavy (non-hydrogen) atoms. The summed E-state index contributed by atoms with van der Waals surface area (Å²) in [6.45, 7) is 0. The van der Waals surface area contributed by atoms with E-state index in [1.165, 1.54) is 0 Å². The average molecular weight is 384 g/mol. The van der Waals surface area contributed by atoms with Crippen molar-refractivity contribution in [1.82, 2.24) is 0 Å². The van der Waals surface area contributed by atoms with Crippen LogP contribution in [0.3, 0.4) is 0 Å². The molecule has 2 aromatic carbocycles. The summed E-state index contributed by atoms with van der Waals surface area (Å²) >= 11 is 0. The maximum Gasteiger partial charge on any atom is 0.264 e. The Hall–Kier alpha value is -1.74. The lowest BCUT2D eigenvalue weighted by Crippen LogP contribution is -2.17. The van der Waals surface area contributed by atoms with Crippen LogP contribution >= 0.6 is 0 Å². The van der Waals surface area contributed by atoms with E-state index < -0.39 is 32.4 Å². The third-order valence-corrected chi connectivity index (χ3v) is 4.52. The van der Waals surface area contributed by atoms with Crippen molar-refractivity contribution in [2.45, 2.75) is 18.6 Å². The molecule has 0 amide bonds. The standard InChI is InChI=1S/C17H20O6S2/c1-24(18,19)22-16(14-9-5-3-6-10-14)13-17(23-25(2,20)21)15-11-7-4-8-12-15/h3-12,16-17H,13H2,1-2H3/t16-,17-/m1/s1. The van der Waals surface area contributed by atoms with Crippen LogP contribution in [-0.4, -0.2) is 29.3 Å². The van der Waals surface area contributed by atoms with Crippen molar-refractivity contribution < 1.29 is 25.2 Å². The van der Waals surface area contributed by atoms with Gasteiger partial charge < -0.3 is 0 Å². The zero-order valence-electron chi connectivity index (χ0n) is 13.9. The van der Waals surface area contributed by atoms with Crippen LogP contribution in [0.5, 0.6) is 0 Å². The van der Waals surface area contributed by atoms with Crippen LogP contribution in [0.25, 0.3) is 0 Å². The zero-order valence-corrected chi connectivity index (χ0v) is 15.5. The van der Waals surface area contributed by atoms with Gasteiger partial charge in [0.2, 0.25) is 0 Å². The Morgan fingerprint density at radius 1 is 0.680 bits per heavy atom. The van der Waals surface area contributed by atoms with Gasteiger partial charge in [-0.25, -0.2) is 0 Å². The zero-order chi connectivity index (χ0) is 18.5. The Balaban J connectivity index is 2.37. The highest BCUT2D eigenvalue weighted by atomic mass is 32.2. The monoisotopic (exact) mass is 384 g/mol. The molecule has 0 fully saturated rings. The molecule has 0 saturated carbocycles. The van der Waals surface area contributed by atoms with Gasteiger partial charge in [0.15, 0.2) is 0 Å². The van der Waals surface area contributed by atoms with Gasteiger partial charge >= 0.3 is 0 Å². The fraction of sp³-hybridized carbons (Fsp3) is 0.294. The van der Waals surface area contributed by atoms with Crippen LogP contribution in [0.1, 0.15) is 29.8 Å². The summed E-state index contributed by atoms with van der Waals surface area (Å²) in [5.41, 5.74) is 1.23. The molecule has 0 aliphatic heterocycles. The molecule has 2 aromatic rings. The van der Waals surface area contributed by atoms with Gasteiger partial charge in [-0.2, -0.15) is 16.8 Å². The average Bonchev–Trinajstić information content (AvgIpc) is 2.53. The van der Waals surface area contributed by atoms with Gasteiger partial charge in [-0.15, -0.1) is 0 Å². The maximum atomic E-state index is 11.6. The molecule has 0 N–H and O–H groups in total. The Kier molecular flexibility index (Phi) is 6.34. The second-order valence-corrected chi connectivity index (χ2v) is 8.84. The number of hydrogen-bond donors (Lipinski definition) is 0. The lowest BCUT2D eigenvalue weighted by molar-refractivity contribution is 0.121. The number of hydrogen-bond acceptors (Lipinski definition) is 6. The first-order valence-electron chi connectivity index (χ1n) is 7.50. The maximum absolute atomic E-state index is 11.6. The summed E-state index contributed by atoms with van der Waals surface area (Å²) in [6, 6.07) is 17.5. The first-order valence-corrected chi connectivity index (χ1v) is 11.1. The number of benzene rings is 2. The van der Waals surface area contributed by atoms with E-state index in [-0.39, 0.29) is 6.42 Å². The molecule has 0 bridgehead atoms. The molecule has 6 nitrogen and oxygen atoms in total. The molecule has 2 atom stereocenters. The Morgan fingerprint density at radius 3 is 1.28 bits per heavy atom. The summed E-state index contributed by atoms with van der Waals surface area (Å²) < 4.78 is 56.9. The van der Waals surface area contributed by atoms with Crippen LogP contribution < -0.4 is 0 Å². The second kappa shape index (κ2) is 8.09. The molecule has 0 spiro atoms. The van der Waals surface area contributed by atoms with Gasteiger partial charge in [-0.1, -0.05) is 60.7 Å². The van der Waals surface area contributed by atoms with Gasteiger partial charge in [-0.05, 0) is 11.1 Å². The second-order valence-electron chi connectivity index (χ2n) is 5.64. The minimum absolute atomic E-state index is 0.0220. The van der Waals surface area contributed by atoms with Crippen molar-refractivity contribution in [2.75, 3.05) is 12.5 Å². The van der Waals surface area contributed by atoms with Crippen LogP contribution in [0.15, 0.2) is 60.7 Å². The molecule has 0 unspecified atom stereocenters. The van der Waals surface area contributed by atoms with Gasteiger partial charge in [0, 0.05) is 6.42 Å². The van der Waals surface area contributed by atoms with E-state index in [0.717, 1.165) is 12.5 Å². The molecule has 2 rings (SSSR count). The summed E-state index contributed by atoms with van der Waals surface area (Å²) in [4.78, 5) is 0. The molecule has 0 heterocycles. The lowest BCUT2D eigenvalue weighted by Gasteiger charge is -2.23. The predicted octanol–water partition coefficient (Wildman–Crippen LogP) is 2.81. The molecule has 0 aliphatic rings. The van der Waals surface area contributed by atoms with Gasteiger partial charge in [0.1, 0.15) is 12.2 Å². The minimum Gasteiger partial charge on any atom is -0.262 e. The molecular weight excluding hydrogens is 364 g/mol. The van der Waals surface area contributed by atoms with E-state index in [4.69, 9.17) is 8.37 Å². The van der Waals surface area contributed by atoms with Crippen LogP contribution in [-0.2, 0) is 28.6 Å². The van der Waals surface area contributed by atoms with Crippen LogP contribution in [0.4, 0.5) is 0 Å². The van der Waals surface area contributed by atoms with E-state index >= 15 is 0 Å². The van der Waals surface area contributed by atoms with Crippen molar-refractivity contribution in [1.29, 1.82) is 0 Å². The summed E-state index contributed by atoms with van der Waals surface area (Å²) in [7, 11) is -7.50. The van der Waals surface area contributed by atoms with Crippen molar-refractivity contribution >= 4 is 20.2 Å². The fourth-order valence-corrected chi connectivity index (χ4v) is 3.64. The Labute approximate surface area is 148 Å². The topological polar surface area (TPSA) is 86.7 Å². The summed E-state index contributed by atoms with van der Waals surface area (Å²) in [5, 5.41) is 0. The highest BCUT2D eigenvalue weighted by molar-refractivity contribution is 7.86. The molecule has 0 radical (unpaired) electrons. The van der Waals surface area contributed by atoms with Crippen molar-refractivity contribution in [3.8, 4) is 0 Å². The third-order valence-electron chi connectivity index (χ3n) is 3.35. The van der Waals surface area contributed by atoms with E-state index in [9.17, 15) is 16.8 Å². The first-order chi connectivity index (χ1) is 11.6. The smallest absolute Gasteiger partial charge is 0.262 e. The first kappa shape index (κ1) is 19.6. The van der Waals surface area contributed by atoms with Crippen molar-refractivity contribution in [2.24, 2.45) is 0 Å². The Morgan fingerprint density at radius 2 is 1.00 bits per heavy atom. The van der Waals surface area contributed by atoms with Crippen LogP contribution in [0, 0.1) is 0 Å². The normalized spacial score (nSPS) is 14.8. The highest BCUT2D eigenvalue weighted by Gasteiger charge is 2.26. The minimum atomic E-state index is -3.75.